The van der Waals surface area contributed by atoms with Gasteiger partial charge in [0.15, 0.2) is 5.82 Å². The fraction of sp³-hybridized carbons (Fsp3) is 0.519. The fourth-order valence-electron chi connectivity index (χ4n) is 3.94. The molecular weight excluding hydrogens is 561 g/mol. The number of nitrogens with zero attached hydrogens (tertiary/aromatic N) is 2. The third-order valence-corrected chi connectivity index (χ3v) is 6.09. The zero-order valence-corrected chi connectivity index (χ0v) is 24.5. The number of rotatable bonds is 11. The molecule has 3 heterocycles. The predicted molar refractivity (Wildman–Crippen MR) is 154 cm³/mol. The van der Waals surface area contributed by atoms with Crippen LogP contribution in [0.3, 0.4) is 0 Å². The van der Waals surface area contributed by atoms with Gasteiger partial charge >= 0.3 is 17.9 Å². The van der Waals surface area contributed by atoms with Crippen molar-refractivity contribution in [1.29, 1.82) is 0 Å². The standard InChI is InChI=1S/C14H20ClN3O4.C13H17ClN2O2/c1-3-21-12(19)7-9(8-13(20)22-4-2)17-14-10(16)5-6-11(15)18-14;1-2-18-12(17)8-10-5-3-4-9-6-7-11(14)16-13(9)15-10/h5-6,9H,3-4,7-8,16H2,1-2H3,(H,17,18);6-7,10H,2-5,8H2,1H3,(H,15,16). The van der Waals surface area contributed by atoms with E-state index in [0.29, 0.717) is 29.7 Å². The lowest BCUT2D eigenvalue weighted by atomic mass is 10.1. The zero-order chi connectivity index (χ0) is 29.5. The van der Waals surface area contributed by atoms with Gasteiger partial charge in [-0.1, -0.05) is 29.3 Å². The lowest BCUT2D eigenvalue weighted by Crippen LogP contribution is -2.29. The molecule has 3 rings (SSSR count). The van der Waals surface area contributed by atoms with E-state index < -0.39 is 18.0 Å². The van der Waals surface area contributed by atoms with Gasteiger partial charge in [-0.25, -0.2) is 9.97 Å². The summed E-state index contributed by atoms with van der Waals surface area (Å²) in [6.07, 6.45) is 3.29. The Bertz CT molecular complexity index is 1120. The van der Waals surface area contributed by atoms with Gasteiger partial charge in [-0.3, -0.25) is 14.4 Å². The van der Waals surface area contributed by atoms with Crippen LogP contribution in [0.4, 0.5) is 17.3 Å². The van der Waals surface area contributed by atoms with E-state index in [1.54, 1.807) is 32.0 Å². The highest BCUT2D eigenvalue weighted by atomic mass is 35.5. The van der Waals surface area contributed by atoms with Gasteiger partial charge in [-0.05, 0) is 63.8 Å². The molecule has 1 atom stereocenters. The van der Waals surface area contributed by atoms with Crippen molar-refractivity contribution in [3.05, 3.63) is 40.1 Å². The Labute approximate surface area is 244 Å². The summed E-state index contributed by atoms with van der Waals surface area (Å²) >= 11 is 11.7. The third-order valence-electron chi connectivity index (χ3n) is 5.67. The lowest BCUT2D eigenvalue weighted by Gasteiger charge is -2.19. The molecule has 0 saturated heterocycles. The van der Waals surface area contributed by atoms with Crippen molar-refractivity contribution < 1.29 is 28.6 Å². The van der Waals surface area contributed by atoms with Gasteiger partial charge in [-0.2, -0.15) is 0 Å². The molecular formula is C27H37Cl2N5O6. The van der Waals surface area contributed by atoms with Crippen LogP contribution in [0.2, 0.25) is 10.3 Å². The highest BCUT2D eigenvalue weighted by Crippen LogP contribution is 2.25. The quantitative estimate of drug-likeness (QED) is 0.185. The summed E-state index contributed by atoms with van der Waals surface area (Å²) in [5.74, 6) is 0.0932. The second kappa shape index (κ2) is 17.4. The molecule has 1 unspecified atom stereocenters. The number of fused-ring (bicyclic) bond motifs is 1. The van der Waals surface area contributed by atoms with Crippen molar-refractivity contribution >= 4 is 58.4 Å². The summed E-state index contributed by atoms with van der Waals surface area (Å²) < 4.78 is 14.8. The normalized spacial score (nSPS) is 14.0. The van der Waals surface area contributed by atoms with Crippen molar-refractivity contribution in [2.24, 2.45) is 0 Å². The van der Waals surface area contributed by atoms with Crippen molar-refractivity contribution in [2.75, 3.05) is 36.2 Å². The van der Waals surface area contributed by atoms with E-state index >= 15 is 0 Å². The molecule has 0 amide bonds. The Hall–Kier alpha value is -3.31. The molecule has 0 bridgehead atoms. The molecule has 0 fully saturated rings. The van der Waals surface area contributed by atoms with Gasteiger partial charge in [0, 0.05) is 12.1 Å². The van der Waals surface area contributed by atoms with Gasteiger partial charge in [0.1, 0.15) is 16.1 Å². The minimum atomic E-state index is -0.550. The number of halogens is 2. The fourth-order valence-corrected chi connectivity index (χ4v) is 4.24. The number of hydrogen-bond acceptors (Lipinski definition) is 11. The van der Waals surface area contributed by atoms with Crippen LogP contribution in [0.25, 0.3) is 0 Å². The highest BCUT2D eigenvalue weighted by Gasteiger charge is 2.21. The number of nitrogen functional groups attached to an aromatic ring is 1. The molecule has 1 aliphatic rings. The third kappa shape index (κ3) is 11.8. The van der Waals surface area contributed by atoms with Crippen LogP contribution in [0.15, 0.2) is 24.3 Å². The molecule has 2 aromatic heterocycles. The number of aryl methyl sites for hydroxylation is 1. The van der Waals surface area contributed by atoms with Crippen LogP contribution in [0, 0.1) is 0 Å². The van der Waals surface area contributed by atoms with Crippen LogP contribution in [-0.2, 0) is 35.0 Å². The summed E-state index contributed by atoms with van der Waals surface area (Å²) in [7, 11) is 0. The summed E-state index contributed by atoms with van der Waals surface area (Å²) in [6.45, 7) is 6.19. The summed E-state index contributed by atoms with van der Waals surface area (Å²) in [4.78, 5) is 43.1. The lowest BCUT2D eigenvalue weighted by molar-refractivity contribution is -0.146. The molecule has 11 nitrogen and oxygen atoms in total. The Morgan fingerprint density at radius 2 is 1.52 bits per heavy atom. The largest absolute Gasteiger partial charge is 0.466 e. The van der Waals surface area contributed by atoms with Crippen LogP contribution < -0.4 is 16.4 Å². The van der Waals surface area contributed by atoms with E-state index in [9.17, 15) is 14.4 Å². The molecule has 0 radical (unpaired) electrons. The maximum absolute atomic E-state index is 11.6. The van der Waals surface area contributed by atoms with E-state index in [1.807, 2.05) is 13.0 Å². The van der Waals surface area contributed by atoms with Crippen LogP contribution >= 0.6 is 23.2 Å². The Balaban J connectivity index is 0.000000285. The zero-order valence-electron chi connectivity index (χ0n) is 23.0. The van der Waals surface area contributed by atoms with Gasteiger partial charge in [0.05, 0.1) is 44.8 Å². The smallest absolute Gasteiger partial charge is 0.307 e. The van der Waals surface area contributed by atoms with E-state index in [0.717, 1.165) is 30.6 Å². The molecule has 13 heteroatoms. The second-order valence-electron chi connectivity index (χ2n) is 8.82. The van der Waals surface area contributed by atoms with Crippen LogP contribution in [-0.4, -0.2) is 59.8 Å². The van der Waals surface area contributed by atoms with Crippen LogP contribution in [0.1, 0.15) is 58.4 Å². The SMILES string of the molecule is CCOC(=O)CC(CC(=O)OCC)Nc1nc(Cl)ccc1N.CCOC(=O)CC1CCCc2ccc(Cl)nc2N1. The number of ether oxygens (including phenoxy) is 3. The summed E-state index contributed by atoms with van der Waals surface area (Å²) in [6, 6.07) is 6.46. The van der Waals surface area contributed by atoms with E-state index in [-0.39, 0.29) is 43.2 Å². The number of hydrogen-bond donors (Lipinski definition) is 3. The van der Waals surface area contributed by atoms with Crippen molar-refractivity contribution in [3.63, 3.8) is 0 Å². The number of pyridine rings is 2. The Kier molecular flexibility index (Phi) is 14.3. The number of aromatic nitrogens is 2. The minimum Gasteiger partial charge on any atom is -0.466 e. The van der Waals surface area contributed by atoms with Gasteiger partial charge in [0.2, 0.25) is 0 Å². The molecule has 1 aliphatic heterocycles. The van der Waals surface area contributed by atoms with Crippen molar-refractivity contribution in [2.45, 2.75) is 71.4 Å². The van der Waals surface area contributed by atoms with E-state index in [2.05, 4.69) is 20.6 Å². The molecule has 0 saturated carbocycles. The maximum Gasteiger partial charge on any atom is 0.307 e. The Morgan fingerprint density at radius 3 is 2.15 bits per heavy atom. The van der Waals surface area contributed by atoms with Gasteiger partial charge in [0.25, 0.3) is 0 Å². The van der Waals surface area contributed by atoms with Gasteiger partial charge in [-0.15, -0.1) is 0 Å². The number of nitrogens with one attached hydrogen (secondary N) is 2. The minimum absolute atomic E-state index is 0.0136. The first-order valence-corrected chi connectivity index (χ1v) is 14.0. The Morgan fingerprint density at radius 1 is 0.950 bits per heavy atom. The maximum atomic E-state index is 11.6. The topological polar surface area (TPSA) is 155 Å². The molecule has 0 aromatic carbocycles. The monoisotopic (exact) mass is 597 g/mol. The number of nitrogens with two attached hydrogens (primary N) is 1. The molecule has 220 valence electrons. The first-order chi connectivity index (χ1) is 19.1. The molecule has 0 spiro atoms. The van der Waals surface area contributed by atoms with E-state index in [1.165, 1.54) is 0 Å². The van der Waals surface area contributed by atoms with Crippen molar-refractivity contribution in [1.82, 2.24) is 9.97 Å². The second-order valence-corrected chi connectivity index (χ2v) is 9.59. The highest BCUT2D eigenvalue weighted by molar-refractivity contribution is 6.29. The molecule has 0 aliphatic carbocycles. The summed E-state index contributed by atoms with van der Waals surface area (Å²) in [5.41, 5.74) is 7.32. The molecule has 40 heavy (non-hydrogen) atoms. The summed E-state index contributed by atoms with van der Waals surface area (Å²) in [5, 5.41) is 6.96. The van der Waals surface area contributed by atoms with Crippen molar-refractivity contribution in [3.8, 4) is 0 Å². The van der Waals surface area contributed by atoms with Gasteiger partial charge < -0.3 is 30.6 Å². The number of carbonyl (C=O) groups excluding carboxylic acids is 3. The van der Waals surface area contributed by atoms with E-state index in [4.69, 9.17) is 43.1 Å². The number of esters is 3. The first kappa shape index (κ1) is 32.9. The number of anilines is 3. The van der Waals surface area contributed by atoms with Crippen LogP contribution in [0.5, 0.6) is 0 Å². The molecule has 2 aromatic rings. The number of carbonyl (C=O) groups is 3. The molecule has 4 N–H and O–H groups in total. The average molecular weight is 599 g/mol. The average Bonchev–Trinajstić information content (AvgIpc) is 3.08. The predicted octanol–water partition coefficient (Wildman–Crippen LogP) is 4.81. The first-order valence-electron chi connectivity index (χ1n) is 13.2.